The summed E-state index contributed by atoms with van der Waals surface area (Å²) in [4.78, 5) is 3.10. The van der Waals surface area contributed by atoms with Gasteiger partial charge in [0.25, 0.3) is 0 Å². The molecule has 0 radical (unpaired) electrons. The second-order valence-corrected chi connectivity index (χ2v) is 12.0. The number of nitrogens with zero attached hydrogens (tertiary/aromatic N) is 2. The van der Waals surface area contributed by atoms with Gasteiger partial charge in [-0.25, -0.2) is 4.98 Å². The fourth-order valence-corrected chi connectivity index (χ4v) is 5.58. The Labute approximate surface area is 343 Å². The largest absolute Gasteiger partial charge is 1.00 e. The van der Waals surface area contributed by atoms with Gasteiger partial charge in [0.15, 0.2) is 0 Å². The van der Waals surface area contributed by atoms with Gasteiger partial charge >= 0.3 is 64.4 Å². The molecule has 1 saturated heterocycles. The number of rotatable bonds is 10. The number of nitrogens with two attached hydrogens (primary N) is 1. The first-order chi connectivity index (χ1) is 23.4. The maximum Gasteiger partial charge on any atom is 1.00 e. The summed E-state index contributed by atoms with van der Waals surface area (Å²) in [5.74, 6) is 2.43. The van der Waals surface area contributed by atoms with Gasteiger partial charge in [0.05, 0.1) is 24.9 Å². The van der Waals surface area contributed by atoms with Crippen LogP contribution in [0.5, 0.6) is 17.2 Å². The molecule has 1 saturated carbocycles. The van der Waals surface area contributed by atoms with Gasteiger partial charge in [-0.1, -0.05) is 32.0 Å². The van der Waals surface area contributed by atoms with Gasteiger partial charge in [0.1, 0.15) is 41.0 Å². The molecule has 1 aliphatic carbocycles. The average Bonchev–Trinajstić information content (AvgIpc) is 3.08. The van der Waals surface area contributed by atoms with Crippen molar-refractivity contribution in [1.29, 1.82) is 0 Å². The van der Waals surface area contributed by atoms with E-state index < -0.39 is 30.2 Å². The van der Waals surface area contributed by atoms with E-state index in [0.29, 0.717) is 19.6 Å². The Morgan fingerprint density at radius 3 is 2.10 bits per heavy atom. The van der Waals surface area contributed by atoms with E-state index in [0.717, 1.165) is 73.1 Å². The summed E-state index contributed by atoms with van der Waals surface area (Å²) in [7, 11) is 1.84. The number of pyridine rings is 1. The Morgan fingerprint density at radius 2 is 1.54 bits per heavy atom. The summed E-state index contributed by atoms with van der Waals surface area (Å²) < 4.78 is 59.7. The molecule has 2 fully saturated rings. The van der Waals surface area contributed by atoms with Crippen LogP contribution in [0.2, 0.25) is 0 Å². The van der Waals surface area contributed by atoms with Crippen LogP contribution in [0.25, 0.3) is 5.32 Å². The van der Waals surface area contributed by atoms with Gasteiger partial charge in [0, 0.05) is 6.61 Å². The maximum absolute atomic E-state index is 11.8. The number of ether oxygens (including phenoxy) is 4. The van der Waals surface area contributed by atoms with Crippen LogP contribution < -0.4 is 73.4 Å². The third kappa shape index (κ3) is 14.4. The van der Waals surface area contributed by atoms with Crippen LogP contribution in [0.15, 0.2) is 54.6 Å². The Bertz CT molecular complexity index is 1380. The molecule has 2 aromatic carbocycles. The third-order valence-corrected chi connectivity index (χ3v) is 8.20. The van der Waals surface area contributed by atoms with Crippen molar-refractivity contribution in [2.45, 2.75) is 103 Å². The van der Waals surface area contributed by atoms with Crippen LogP contribution >= 0.6 is 0 Å². The van der Waals surface area contributed by atoms with Crippen molar-refractivity contribution in [3.05, 3.63) is 82.3 Å². The molecule has 1 aromatic heterocycles. The van der Waals surface area contributed by atoms with Crippen LogP contribution in [-0.4, -0.2) is 72.5 Å². The molecule has 13 heteroatoms. The summed E-state index contributed by atoms with van der Waals surface area (Å²) in [5.41, 5.74) is 7.46. The molecule has 9 nitrogen and oxygen atoms in total. The Kier molecular flexibility index (Phi) is 20.0. The molecule has 3 aromatic rings. The van der Waals surface area contributed by atoms with E-state index in [1.807, 2.05) is 45.2 Å². The van der Waals surface area contributed by atoms with Crippen molar-refractivity contribution in [3.8, 4) is 17.2 Å². The molecule has 2 heterocycles. The standard InChI is InChI=1S/C29H40NO6.C6H5F3N2.C2H6.Rb/c1-19-16-25(35-23-6-4-21(5-7-23)12-14-30-3)17-20(2)29(19)36-24-10-8-22(9-11-24)34-18-27-28(32)26(31)13-15-33-27;7-6(8,9)4-2-1-3-5(10)11-4;1-2;/h4-7,16-17,22,24,26-28,31-32H,8-15,18H2,1-3H3;1-3H,(H2,10,11);1-2H3;/q-1;;;+1. The van der Waals surface area contributed by atoms with E-state index in [9.17, 15) is 23.4 Å². The minimum Gasteiger partial charge on any atom is -0.665 e. The minimum absolute atomic E-state index is 0. The number of aliphatic hydroxyl groups is 2. The number of anilines is 1. The van der Waals surface area contributed by atoms with Crippen molar-refractivity contribution in [3.63, 3.8) is 0 Å². The van der Waals surface area contributed by atoms with Crippen LogP contribution in [0.1, 0.15) is 68.3 Å². The molecule has 3 atom stereocenters. The number of hydrogen-bond acceptors (Lipinski definition) is 8. The van der Waals surface area contributed by atoms with Gasteiger partial charge in [-0.3, -0.25) is 0 Å². The van der Waals surface area contributed by atoms with Gasteiger partial charge in [-0.15, -0.1) is 6.54 Å². The fourth-order valence-electron chi connectivity index (χ4n) is 5.58. The number of likely N-dealkylation sites (N-methyl/N-ethyl adjacent to an activating group) is 1. The average molecular weight is 776 g/mol. The molecule has 2 aliphatic rings. The molecule has 5 rings (SSSR count). The van der Waals surface area contributed by atoms with E-state index in [1.54, 1.807) is 0 Å². The molecule has 0 amide bonds. The number of benzene rings is 2. The van der Waals surface area contributed by atoms with E-state index in [2.05, 4.69) is 36.3 Å². The molecule has 3 unspecified atom stereocenters. The zero-order chi connectivity index (χ0) is 36.0. The number of alkyl halides is 3. The zero-order valence-electron chi connectivity index (χ0n) is 30.1. The summed E-state index contributed by atoms with van der Waals surface area (Å²) in [6, 6.07) is 15.6. The Balaban J connectivity index is 0.000000525. The quantitative estimate of drug-likeness (QED) is 0.273. The monoisotopic (exact) mass is 775 g/mol. The number of aryl methyl sites for hydroxylation is 2. The number of aliphatic hydroxyl groups excluding tert-OH is 2. The molecule has 272 valence electrons. The van der Waals surface area contributed by atoms with E-state index in [1.165, 1.54) is 17.7 Å². The van der Waals surface area contributed by atoms with Gasteiger partial charge in [-0.05, 0) is 105 Å². The second-order valence-electron chi connectivity index (χ2n) is 12.0. The number of halogens is 3. The molecular formula is C37H51F3N3O6Rb. The molecule has 0 spiro atoms. The van der Waals surface area contributed by atoms with Crippen molar-refractivity contribution in [2.24, 2.45) is 0 Å². The number of aromatic nitrogens is 1. The SMILES string of the molecule is CC.C[N-]CCc1ccc(Oc2cc(C)c(OC3CCC(OCC4OCCC(O)C4O)CC3)c(C)c2)cc1.Nc1cccc(C(F)(F)F)n1.[Rb+]. The molecular weight excluding hydrogens is 725 g/mol. The van der Waals surface area contributed by atoms with Gasteiger partial charge in [0.2, 0.25) is 0 Å². The Hall–Kier alpha value is -1.61. The second kappa shape index (κ2) is 22.5. The first-order valence-corrected chi connectivity index (χ1v) is 16.9. The van der Waals surface area contributed by atoms with Crippen LogP contribution in [0.4, 0.5) is 19.0 Å². The first-order valence-electron chi connectivity index (χ1n) is 16.9. The van der Waals surface area contributed by atoms with Crippen LogP contribution in [-0.2, 0) is 22.1 Å². The molecule has 4 N–H and O–H groups in total. The predicted molar refractivity (Wildman–Crippen MR) is 184 cm³/mol. The smallest absolute Gasteiger partial charge is 0.665 e. The number of hydrogen-bond donors (Lipinski definition) is 3. The summed E-state index contributed by atoms with van der Waals surface area (Å²) in [5, 5.41) is 24.1. The van der Waals surface area contributed by atoms with Crippen molar-refractivity contribution < 1.29 is 101 Å². The molecule has 1 aliphatic heterocycles. The van der Waals surface area contributed by atoms with Crippen molar-refractivity contribution in [1.82, 2.24) is 4.98 Å². The van der Waals surface area contributed by atoms with Crippen LogP contribution in [0, 0.1) is 13.8 Å². The summed E-state index contributed by atoms with van der Waals surface area (Å²) in [6.45, 7) is 9.72. The van der Waals surface area contributed by atoms with Crippen molar-refractivity contribution in [2.75, 3.05) is 32.5 Å². The summed E-state index contributed by atoms with van der Waals surface area (Å²) >= 11 is 0. The van der Waals surface area contributed by atoms with E-state index in [4.69, 9.17) is 24.7 Å². The van der Waals surface area contributed by atoms with Crippen LogP contribution in [0.3, 0.4) is 0 Å². The topological polar surface area (TPSA) is 130 Å². The number of nitrogen functional groups attached to an aromatic ring is 1. The summed E-state index contributed by atoms with van der Waals surface area (Å²) in [6.07, 6.45) is -1.16. The fraction of sp³-hybridized carbons (Fsp3) is 0.541. The third-order valence-electron chi connectivity index (χ3n) is 8.20. The zero-order valence-corrected chi connectivity index (χ0v) is 35.0. The molecule has 0 bridgehead atoms. The Morgan fingerprint density at radius 1 is 0.920 bits per heavy atom. The first kappa shape index (κ1) is 44.5. The molecule has 50 heavy (non-hydrogen) atoms. The van der Waals surface area contributed by atoms with Gasteiger partial charge < -0.3 is 40.2 Å². The van der Waals surface area contributed by atoms with Crippen molar-refractivity contribution >= 4 is 5.82 Å². The van der Waals surface area contributed by atoms with Gasteiger partial charge in [-0.2, -0.15) is 20.2 Å². The maximum atomic E-state index is 11.8. The van der Waals surface area contributed by atoms with E-state index in [-0.39, 0.29) is 76.2 Å². The predicted octanol–water partition coefficient (Wildman–Crippen LogP) is 4.57. The minimum atomic E-state index is -4.41. The normalized spacial score (nSPS) is 21.8. The van der Waals surface area contributed by atoms with E-state index >= 15 is 0 Å².